The minimum atomic E-state index is -4.79. The molecule has 1 atom stereocenters. The third kappa shape index (κ3) is 7.20. The van der Waals surface area contributed by atoms with Crippen molar-refractivity contribution in [1.29, 1.82) is 0 Å². The Balaban J connectivity index is 1.91. The van der Waals surface area contributed by atoms with E-state index in [0.717, 1.165) is 6.07 Å². The average molecular weight is 527 g/mol. The van der Waals surface area contributed by atoms with Gasteiger partial charge in [0.2, 0.25) is 15.9 Å². The fraction of sp³-hybridized carbons (Fsp3) is 0.208. The van der Waals surface area contributed by atoms with Gasteiger partial charge in [-0.25, -0.2) is 8.42 Å². The zero-order chi connectivity index (χ0) is 25.6. The summed E-state index contributed by atoms with van der Waals surface area (Å²) >= 11 is 5.70. The SMILES string of the molecule is CCOc1ccc(S(=O)(=O)N[C@@H](Cc2ccccc2)C(=O)Nc2ccc(Cl)cc2C(F)(F)F)cc1. The van der Waals surface area contributed by atoms with Crippen LogP contribution in [0.15, 0.2) is 77.7 Å². The van der Waals surface area contributed by atoms with Crippen molar-refractivity contribution in [2.75, 3.05) is 11.9 Å². The van der Waals surface area contributed by atoms with Gasteiger partial charge in [0.15, 0.2) is 0 Å². The van der Waals surface area contributed by atoms with E-state index >= 15 is 0 Å². The highest BCUT2D eigenvalue weighted by Gasteiger charge is 2.35. The molecule has 0 aliphatic rings. The van der Waals surface area contributed by atoms with Gasteiger partial charge in [0.1, 0.15) is 11.8 Å². The van der Waals surface area contributed by atoms with Crippen molar-refractivity contribution in [2.24, 2.45) is 0 Å². The molecule has 0 heterocycles. The third-order valence-electron chi connectivity index (χ3n) is 4.89. The summed E-state index contributed by atoms with van der Waals surface area (Å²) in [5, 5.41) is 2.04. The number of hydrogen-bond donors (Lipinski definition) is 2. The Morgan fingerprint density at radius 2 is 1.69 bits per heavy atom. The number of carbonyl (C=O) groups excluding carboxylic acids is 1. The Hall–Kier alpha value is -3.08. The molecule has 186 valence electrons. The molecule has 2 N–H and O–H groups in total. The van der Waals surface area contributed by atoms with E-state index in [2.05, 4.69) is 10.0 Å². The van der Waals surface area contributed by atoms with Gasteiger partial charge in [0, 0.05) is 5.02 Å². The van der Waals surface area contributed by atoms with Gasteiger partial charge in [-0.05, 0) is 61.4 Å². The smallest absolute Gasteiger partial charge is 0.418 e. The van der Waals surface area contributed by atoms with Crippen LogP contribution in [0.2, 0.25) is 5.02 Å². The number of anilines is 1. The number of nitrogens with one attached hydrogen (secondary N) is 2. The van der Waals surface area contributed by atoms with Crippen LogP contribution in [0.5, 0.6) is 5.75 Å². The van der Waals surface area contributed by atoms with Crippen LogP contribution in [-0.2, 0) is 27.4 Å². The van der Waals surface area contributed by atoms with E-state index in [9.17, 15) is 26.4 Å². The molecule has 0 bridgehead atoms. The molecule has 3 aromatic rings. The minimum absolute atomic E-state index is 0.0993. The first kappa shape index (κ1) is 26.5. The molecule has 0 unspecified atom stereocenters. The first-order valence-electron chi connectivity index (χ1n) is 10.5. The molecule has 0 aromatic heterocycles. The van der Waals surface area contributed by atoms with Crippen LogP contribution >= 0.6 is 11.6 Å². The maximum Gasteiger partial charge on any atom is 0.418 e. The van der Waals surface area contributed by atoms with Crippen LogP contribution in [0.4, 0.5) is 18.9 Å². The third-order valence-corrected chi connectivity index (χ3v) is 6.61. The van der Waals surface area contributed by atoms with E-state index in [1.165, 1.54) is 30.3 Å². The summed E-state index contributed by atoms with van der Waals surface area (Å²) in [6, 6.07) is 15.5. The van der Waals surface area contributed by atoms with Crippen molar-refractivity contribution < 1.29 is 31.1 Å². The lowest BCUT2D eigenvalue weighted by molar-refractivity contribution is -0.137. The fourth-order valence-corrected chi connectivity index (χ4v) is 4.62. The zero-order valence-electron chi connectivity index (χ0n) is 18.5. The lowest BCUT2D eigenvalue weighted by atomic mass is 10.1. The second-order valence-electron chi connectivity index (χ2n) is 7.44. The molecule has 35 heavy (non-hydrogen) atoms. The van der Waals surface area contributed by atoms with E-state index in [1.807, 2.05) is 0 Å². The lowest BCUT2D eigenvalue weighted by Crippen LogP contribution is -2.45. The Kier molecular flexibility index (Phi) is 8.42. The number of amides is 1. The van der Waals surface area contributed by atoms with Gasteiger partial charge in [0.25, 0.3) is 0 Å². The van der Waals surface area contributed by atoms with E-state index in [1.54, 1.807) is 37.3 Å². The molecule has 11 heteroatoms. The van der Waals surface area contributed by atoms with Crippen molar-refractivity contribution in [1.82, 2.24) is 4.72 Å². The lowest BCUT2D eigenvalue weighted by Gasteiger charge is -2.21. The second-order valence-corrected chi connectivity index (χ2v) is 9.60. The Labute approximate surface area is 206 Å². The highest BCUT2D eigenvalue weighted by molar-refractivity contribution is 7.89. The molecule has 3 rings (SSSR count). The van der Waals surface area contributed by atoms with Crippen LogP contribution in [0.3, 0.4) is 0 Å². The molecule has 0 saturated heterocycles. The summed E-state index contributed by atoms with van der Waals surface area (Å²) in [5.74, 6) is -0.497. The van der Waals surface area contributed by atoms with Gasteiger partial charge >= 0.3 is 6.18 Å². The Morgan fingerprint density at radius 1 is 1.03 bits per heavy atom. The van der Waals surface area contributed by atoms with Crippen LogP contribution in [0, 0.1) is 0 Å². The predicted molar refractivity (Wildman–Crippen MR) is 127 cm³/mol. The van der Waals surface area contributed by atoms with Crippen molar-refractivity contribution >= 4 is 33.2 Å². The summed E-state index contributed by atoms with van der Waals surface area (Å²) in [6.07, 6.45) is -4.89. The van der Waals surface area contributed by atoms with Crippen molar-refractivity contribution in [3.05, 3.63) is 88.9 Å². The minimum Gasteiger partial charge on any atom is -0.494 e. The largest absolute Gasteiger partial charge is 0.494 e. The van der Waals surface area contributed by atoms with E-state index in [0.29, 0.717) is 24.0 Å². The monoisotopic (exact) mass is 526 g/mol. The highest BCUT2D eigenvalue weighted by atomic mass is 35.5. The normalized spacial score (nSPS) is 12.7. The molecule has 0 saturated carbocycles. The summed E-state index contributed by atoms with van der Waals surface area (Å²) in [7, 11) is -4.20. The summed E-state index contributed by atoms with van der Waals surface area (Å²) in [6.45, 7) is 2.18. The van der Waals surface area contributed by atoms with Crippen LogP contribution < -0.4 is 14.8 Å². The molecular formula is C24H22ClF3N2O4S. The summed E-state index contributed by atoms with van der Waals surface area (Å²) in [4.78, 5) is 12.9. The van der Waals surface area contributed by atoms with E-state index < -0.39 is 39.4 Å². The number of hydrogen-bond acceptors (Lipinski definition) is 4. The van der Waals surface area contributed by atoms with Crippen LogP contribution in [0.25, 0.3) is 0 Å². The molecular weight excluding hydrogens is 505 g/mol. The molecule has 0 aliphatic heterocycles. The van der Waals surface area contributed by atoms with E-state index in [4.69, 9.17) is 16.3 Å². The molecule has 0 spiro atoms. The highest BCUT2D eigenvalue weighted by Crippen LogP contribution is 2.36. The maximum atomic E-state index is 13.5. The Bertz CT molecular complexity index is 1270. The Morgan fingerprint density at radius 3 is 2.29 bits per heavy atom. The number of ether oxygens (including phenoxy) is 1. The number of sulfonamides is 1. The second kappa shape index (κ2) is 11.1. The van der Waals surface area contributed by atoms with Gasteiger partial charge in [-0.3, -0.25) is 4.79 Å². The van der Waals surface area contributed by atoms with Crippen molar-refractivity contribution in [3.8, 4) is 5.75 Å². The molecule has 1 amide bonds. The molecule has 0 radical (unpaired) electrons. The quantitative estimate of drug-likeness (QED) is 0.397. The molecule has 0 aliphatic carbocycles. The van der Waals surface area contributed by atoms with Crippen LogP contribution in [0.1, 0.15) is 18.1 Å². The first-order valence-corrected chi connectivity index (χ1v) is 12.3. The van der Waals surface area contributed by atoms with Gasteiger partial charge in [0.05, 0.1) is 22.8 Å². The van der Waals surface area contributed by atoms with Crippen LogP contribution in [-0.4, -0.2) is 27.0 Å². The zero-order valence-corrected chi connectivity index (χ0v) is 20.0. The van der Waals surface area contributed by atoms with Gasteiger partial charge in [-0.2, -0.15) is 17.9 Å². The first-order chi connectivity index (χ1) is 16.5. The van der Waals surface area contributed by atoms with Gasteiger partial charge in [-0.15, -0.1) is 0 Å². The molecule has 0 fully saturated rings. The summed E-state index contributed by atoms with van der Waals surface area (Å²) in [5.41, 5.74) is -1.08. The molecule has 6 nitrogen and oxygen atoms in total. The topological polar surface area (TPSA) is 84.5 Å². The van der Waals surface area contributed by atoms with Gasteiger partial charge < -0.3 is 10.1 Å². The summed E-state index contributed by atoms with van der Waals surface area (Å²) < 4.78 is 74.0. The number of carbonyl (C=O) groups is 1. The maximum absolute atomic E-state index is 13.5. The average Bonchev–Trinajstić information content (AvgIpc) is 2.80. The number of halogens is 4. The van der Waals surface area contributed by atoms with E-state index in [-0.39, 0.29) is 16.3 Å². The van der Waals surface area contributed by atoms with Crippen molar-refractivity contribution in [3.63, 3.8) is 0 Å². The number of rotatable bonds is 9. The fourth-order valence-electron chi connectivity index (χ4n) is 3.25. The van der Waals surface area contributed by atoms with Gasteiger partial charge in [-0.1, -0.05) is 41.9 Å². The molecule has 3 aromatic carbocycles. The number of benzene rings is 3. The number of alkyl halides is 3. The standard InChI is InChI=1S/C24H22ClF3N2O4S/c1-2-34-18-9-11-19(12-10-18)35(32,33)30-22(14-16-6-4-3-5-7-16)23(31)29-21-13-8-17(25)15-20(21)24(26,27)28/h3-13,15,22,30H,2,14H2,1H3,(H,29,31)/t22-/m0/s1. The van der Waals surface area contributed by atoms with Crippen molar-refractivity contribution in [2.45, 2.75) is 30.5 Å². The predicted octanol–water partition coefficient (Wildman–Crippen LogP) is 5.29.